The fraction of sp³-hybridized carbons (Fsp3) is 0.316. The lowest BCUT2D eigenvalue weighted by Crippen LogP contribution is -2.45. The largest absolute Gasteiger partial charge is 0.491 e. The molecule has 0 saturated heterocycles. The Kier molecular flexibility index (Phi) is 6.60. The molecule has 0 heterocycles. The first-order chi connectivity index (χ1) is 13.0. The van der Waals surface area contributed by atoms with Crippen LogP contribution >= 0.6 is 0 Å². The maximum absolute atomic E-state index is 13.6. The van der Waals surface area contributed by atoms with Gasteiger partial charge in [-0.2, -0.15) is 0 Å². The van der Waals surface area contributed by atoms with Gasteiger partial charge in [-0.3, -0.25) is 9.10 Å². The number of nitrogens with zero attached hydrogens (tertiary/aromatic N) is 1. The molecule has 1 amide bonds. The lowest BCUT2D eigenvalue weighted by atomic mass is 10.2. The Balaban J connectivity index is 2.23. The Morgan fingerprint density at radius 3 is 2.14 bits per heavy atom. The van der Waals surface area contributed by atoms with Crippen molar-refractivity contribution in [2.45, 2.75) is 32.9 Å². The summed E-state index contributed by atoms with van der Waals surface area (Å²) in [6.07, 6.45) is 0.885. The molecule has 28 heavy (non-hydrogen) atoms. The van der Waals surface area contributed by atoms with Gasteiger partial charge in [0.15, 0.2) is 11.6 Å². The smallest absolute Gasteiger partial charge is 0.247 e. The topological polar surface area (TPSA) is 75.7 Å². The molecule has 9 heteroatoms. The molecule has 0 saturated carbocycles. The van der Waals surface area contributed by atoms with Gasteiger partial charge < -0.3 is 10.1 Å². The van der Waals surface area contributed by atoms with Crippen molar-refractivity contribution < 1.29 is 26.7 Å². The molecule has 2 aromatic rings. The van der Waals surface area contributed by atoms with Crippen LogP contribution in [-0.2, 0) is 14.8 Å². The predicted molar refractivity (Wildman–Crippen MR) is 104 cm³/mol. The number of carbonyl (C=O) groups excluding carboxylic acids is 1. The number of rotatable bonds is 7. The third-order valence-electron chi connectivity index (χ3n) is 3.74. The summed E-state index contributed by atoms with van der Waals surface area (Å²) < 4.78 is 57.4. The number of nitrogens with one attached hydrogen (secondary N) is 1. The van der Waals surface area contributed by atoms with Crippen molar-refractivity contribution in [3.8, 4) is 5.75 Å². The first-order valence-corrected chi connectivity index (χ1v) is 10.4. The van der Waals surface area contributed by atoms with Crippen molar-refractivity contribution in [3.05, 3.63) is 54.1 Å². The second-order valence-corrected chi connectivity index (χ2v) is 8.37. The number of sulfonamides is 1. The van der Waals surface area contributed by atoms with Crippen molar-refractivity contribution in [1.29, 1.82) is 0 Å². The average molecular weight is 412 g/mol. The summed E-state index contributed by atoms with van der Waals surface area (Å²) >= 11 is 0. The van der Waals surface area contributed by atoms with Crippen LogP contribution in [0.3, 0.4) is 0 Å². The third kappa shape index (κ3) is 5.41. The van der Waals surface area contributed by atoms with E-state index in [4.69, 9.17) is 4.74 Å². The summed E-state index contributed by atoms with van der Waals surface area (Å²) in [5.74, 6) is -2.33. The Bertz CT molecular complexity index is 947. The fourth-order valence-corrected chi connectivity index (χ4v) is 3.73. The molecular weight excluding hydrogens is 390 g/mol. The van der Waals surface area contributed by atoms with E-state index in [2.05, 4.69) is 5.32 Å². The lowest BCUT2D eigenvalue weighted by Gasteiger charge is -2.28. The molecule has 0 aliphatic heterocycles. The fourth-order valence-electron chi connectivity index (χ4n) is 2.57. The number of hydrogen-bond acceptors (Lipinski definition) is 4. The highest BCUT2D eigenvalue weighted by atomic mass is 32.2. The van der Waals surface area contributed by atoms with E-state index in [9.17, 15) is 22.0 Å². The summed E-state index contributed by atoms with van der Waals surface area (Å²) in [7, 11) is -3.94. The van der Waals surface area contributed by atoms with Crippen molar-refractivity contribution >= 4 is 27.3 Å². The molecule has 152 valence electrons. The number of amides is 1. The van der Waals surface area contributed by atoms with Crippen molar-refractivity contribution in [3.63, 3.8) is 0 Å². The normalized spacial score (nSPS) is 12.5. The quantitative estimate of drug-likeness (QED) is 0.755. The van der Waals surface area contributed by atoms with E-state index in [0.717, 1.165) is 28.8 Å². The Morgan fingerprint density at radius 2 is 1.64 bits per heavy atom. The lowest BCUT2D eigenvalue weighted by molar-refractivity contribution is -0.116. The SMILES string of the molecule is CC(C)Oc1ccc(NC(=O)[C@H](C)N(c2ccc(F)c(F)c2)S(C)(=O)=O)cc1. The Morgan fingerprint density at radius 1 is 1.04 bits per heavy atom. The maximum atomic E-state index is 13.6. The van der Waals surface area contributed by atoms with Crippen LogP contribution in [0.25, 0.3) is 0 Å². The zero-order valence-corrected chi connectivity index (χ0v) is 16.8. The monoisotopic (exact) mass is 412 g/mol. The van der Waals surface area contributed by atoms with Crippen LogP contribution in [-0.4, -0.2) is 32.7 Å². The molecule has 0 radical (unpaired) electrons. The van der Waals surface area contributed by atoms with Gasteiger partial charge >= 0.3 is 0 Å². The molecule has 0 fully saturated rings. The van der Waals surface area contributed by atoms with E-state index >= 15 is 0 Å². The van der Waals surface area contributed by atoms with Gasteiger partial charge in [0.1, 0.15) is 11.8 Å². The number of benzene rings is 2. The zero-order valence-electron chi connectivity index (χ0n) is 15.9. The minimum atomic E-state index is -3.94. The number of ether oxygens (including phenoxy) is 1. The van der Waals surface area contributed by atoms with Gasteiger partial charge in [0.25, 0.3) is 0 Å². The molecule has 1 N–H and O–H groups in total. The summed E-state index contributed by atoms with van der Waals surface area (Å²) in [5.41, 5.74) is 0.288. The van der Waals surface area contributed by atoms with Gasteiger partial charge in [-0.05, 0) is 57.2 Å². The minimum absolute atomic E-state index is 0.000105. The Hall–Kier alpha value is -2.68. The van der Waals surface area contributed by atoms with Crippen LogP contribution in [0.5, 0.6) is 5.75 Å². The Labute approximate surface area is 163 Å². The second kappa shape index (κ2) is 8.55. The molecule has 2 rings (SSSR count). The second-order valence-electron chi connectivity index (χ2n) is 6.51. The number of carbonyl (C=O) groups is 1. The minimum Gasteiger partial charge on any atom is -0.491 e. The van der Waals surface area contributed by atoms with Gasteiger partial charge in [0.05, 0.1) is 18.0 Å². The van der Waals surface area contributed by atoms with Gasteiger partial charge in [-0.25, -0.2) is 17.2 Å². The van der Waals surface area contributed by atoms with Crippen molar-refractivity contribution in [2.75, 3.05) is 15.9 Å². The predicted octanol–water partition coefficient (Wildman–Crippen LogP) is 3.55. The van der Waals surface area contributed by atoms with Gasteiger partial charge in [-0.15, -0.1) is 0 Å². The molecular formula is C19H22F2N2O4S. The van der Waals surface area contributed by atoms with E-state index in [1.807, 2.05) is 13.8 Å². The van der Waals surface area contributed by atoms with Crippen LogP contribution in [0.15, 0.2) is 42.5 Å². The van der Waals surface area contributed by atoms with E-state index in [0.29, 0.717) is 11.4 Å². The van der Waals surface area contributed by atoms with E-state index in [-0.39, 0.29) is 11.8 Å². The highest BCUT2D eigenvalue weighted by molar-refractivity contribution is 7.92. The van der Waals surface area contributed by atoms with Crippen molar-refractivity contribution in [1.82, 2.24) is 0 Å². The third-order valence-corrected chi connectivity index (χ3v) is 4.98. The first kappa shape index (κ1) is 21.6. The van der Waals surface area contributed by atoms with Gasteiger partial charge in [0.2, 0.25) is 15.9 Å². The number of halogens is 2. The average Bonchev–Trinajstić information content (AvgIpc) is 2.58. The van der Waals surface area contributed by atoms with E-state index in [1.54, 1.807) is 24.3 Å². The van der Waals surface area contributed by atoms with Crippen LogP contribution in [0, 0.1) is 11.6 Å². The van der Waals surface area contributed by atoms with Crippen LogP contribution in [0.2, 0.25) is 0 Å². The number of hydrogen-bond donors (Lipinski definition) is 1. The summed E-state index contributed by atoms with van der Waals surface area (Å²) in [4.78, 5) is 12.6. The molecule has 0 aromatic heterocycles. The van der Waals surface area contributed by atoms with Crippen LogP contribution in [0.4, 0.5) is 20.2 Å². The zero-order chi connectivity index (χ0) is 21.1. The molecule has 0 aliphatic carbocycles. The summed E-state index contributed by atoms with van der Waals surface area (Å²) in [5, 5.41) is 2.60. The van der Waals surface area contributed by atoms with Crippen molar-refractivity contribution in [2.24, 2.45) is 0 Å². The highest BCUT2D eigenvalue weighted by Gasteiger charge is 2.29. The molecule has 2 aromatic carbocycles. The molecule has 0 spiro atoms. The van der Waals surface area contributed by atoms with Crippen LogP contribution in [0.1, 0.15) is 20.8 Å². The van der Waals surface area contributed by atoms with E-state index < -0.39 is 33.6 Å². The molecule has 0 aliphatic rings. The van der Waals surface area contributed by atoms with Gasteiger partial charge in [0, 0.05) is 11.8 Å². The molecule has 6 nitrogen and oxygen atoms in total. The van der Waals surface area contributed by atoms with Crippen LogP contribution < -0.4 is 14.4 Å². The molecule has 1 atom stereocenters. The highest BCUT2D eigenvalue weighted by Crippen LogP contribution is 2.24. The maximum Gasteiger partial charge on any atom is 0.247 e. The summed E-state index contributed by atoms with van der Waals surface area (Å²) in [6.45, 7) is 5.12. The first-order valence-electron chi connectivity index (χ1n) is 8.51. The van der Waals surface area contributed by atoms with Gasteiger partial charge in [-0.1, -0.05) is 0 Å². The summed E-state index contributed by atoms with van der Waals surface area (Å²) in [6, 6.07) is 8.01. The van der Waals surface area contributed by atoms with E-state index in [1.165, 1.54) is 6.92 Å². The molecule has 0 bridgehead atoms. The number of anilines is 2. The standard InChI is InChI=1S/C19H22F2N2O4S/c1-12(2)27-16-8-5-14(6-9-16)22-19(24)13(3)23(28(4,25)26)15-7-10-17(20)18(21)11-15/h5-13H,1-4H3,(H,22,24)/t13-/m0/s1. The molecule has 0 unspecified atom stereocenters.